The minimum absolute atomic E-state index is 0.143. The molecule has 0 spiro atoms. The Labute approximate surface area is 214 Å². The van der Waals surface area contributed by atoms with Crippen molar-refractivity contribution in [1.82, 2.24) is 15.0 Å². The van der Waals surface area contributed by atoms with Crippen LogP contribution in [0.1, 0.15) is 30.8 Å². The summed E-state index contributed by atoms with van der Waals surface area (Å²) in [6.07, 6.45) is 1.62. The molecule has 2 aromatic heterocycles. The quantitative estimate of drug-likeness (QED) is 0.199. The first kappa shape index (κ1) is 25.1. The number of pyridine rings is 1. The van der Waals surface area contributed by atoms with Gasteiger partial charge in [-0.25, -0.2) is 9.97 Å². The van der Waals surface area contributed by atoms with Crippen LogP contribution in [0.4, 0.5) is 11.5 Å². The SMILES string of the molecule is CC(C)(O)c1cccc(CCOc2nc(-c3cc(Cl)c(N)c(C=N)c3)c(-c3ccccc3)nc2N)n1. The lowest BCUT2D eigenvalue weighted by Gasteiger charge is -2.17. The lowest BCUT2D eigenvalue weighted by molar-refractivity contribution is 0.0736. The largest absolute Gasteiger partial charge is 0.475 e. The summed E-state index contributed by atoms with van der Waals surface area (Å²) in [6, 6.07) is 18.4. The van der Waals surface area contributed by atoms with Gasteiger partial charge < -0.3 is 26.7 Å². The van der Waals surface area contributed by atoms with E-state index in [0.717, 1.165) is 17.5 Å². The van der Waals surface area contributed by atoms with Gasteiger partial charge in [0.2, 0.25) is 0 Å². The summed E-state index contributed by atoms with van der Waals surface area (Å²) in [6.45, 7) is 3.63. The van der Waals surface area contributed by atoms with E-state index in [0.29, 0.717) is 45.3 Å². The van der Waals surface area contributed by atoms with Crippen LogP contribution in [-0.4, -0.2) is 32.9 Å². The smallest absolute Gasteiger partial charge is 0.257 e. The van der Waals surface area contributed by atoms with Crippen molar-refractivity contribution in [2.24, 2.45) is 0 Å². The van der Waals surface area contributed by atoms with E-state index >= 15 is 0 Å². The van der Waals surface area contributed by atoms with E-state index in [9.17, 15) is 5.11 Å². The first-order valence-corrected chi connectivity index (χ1v) is 11.7. The van der Waals surface area contributed by atoms with Crippen molar-refractivity contribution in [2.45, 2.75) is 25.9 Å². The van der Waals surface area contributed by atoms with Gasteiger partial charge in [-0.05, 0) is 38.1 Å². The fourth-order valence-corrected chi connectivity index (χ4v) is 3.87. The predicted molar refractivity (Wildman–Crippen MR) is 143 cm³/mol. The van der Waals surface area contributed by atoms with Crippen LogP contribution in [0.25, 0.3) is 22.5 Å². The molecule has 0 radical (unpaired) electrons. The van der Waals surface area contributed by atoms with Gasteiger partial charge in [-0.1, -0.05) is 48.0 Å². The first-order valence-electron chi connectivity index (χ1n) is 11.3. The fraction of sp³-hybridized carbons (Fsp3) is 0.185. The molecule has 0 aliphatic rings. The zero-order valence-electron chi connectivity index (χ0n) is 20.0. The number of aliphatic hydroxyl groups is 1. The summed E-state index contributed by atoms with van der Waals surface area (Å²) >= 11 is 6.36. The third-order valence-electron chi connectivity index (χ3n) is 5.56. The molecule has 2 aromatic carbocycles. The number of nitrogens with one attached hydrogen (secondary N) is 1. The number of hydrogen-bond donors (Lipinski definition) is 4. The van der Waals surface area contributed by atoms with Gasteiger partial charge in [0.1, 0.15) is 11.3 Å². The number of aromatic nitrogens is 3. The molecule has 0 aliphatic heterocycles. The van der Waals surface area contributed by atoms with Gasteiger partial charge in [0.05, 0.1) is 28.7 Å². The molecule has 184 valence electrons. The monoisotopic (exact) mass is 502 g/mol. The molecule has 0 bridgehead atoms. The number of benzene rings is 2. The Morgan fingerprint density at radius 1 is 0.972 bits per heavy atom. The fourth-order valence-electron chi connectivity index (χ4n) is 3.64. The number of anilines is 2. The van der Waals surface area contributed by atoms with Gasteiger partial charge in [0.25, 0.3) is 5.88 Å². The number of ether oxygens (including phenoxy) is 1. The van der Waals surface area contributed by atoms with Crippen LogP contribution in [0.5, 0.6) is 5.88 Å². The average Bonchev–Trinajstić information content (AvgIpc) is 2.86. The molecule has 0 aliphatic carbocycles. The highest BCUT2D eigenvalue weighted by molar-refractivity contribution is 6.34. The van der Waals surface area contributed by atoms with E-state index in [2.05, 4.69) is 9.97 Å². The molecule has 9 heteroatoms. The van der Waals surface area contributed by atoms with Gasteiger partial charge in [-0.3, -0.25) is 4.98 Å². The normalized spacial score (nSPS) is 11.3. The zero-order valence-corrected chi connectivity index (χ0v) is 20.8. The second kappa shape index (κ2) is 10.3. The Bertz CT molecular complexity index is 1400. The minimum Gasteiger partial charge on any atom is -0.475 e. The van der Waals surface area contributed by atoms with E-state index in [1.807, 2.05) is 42.5 Å². The van der Waals surface area contributed by atoms with Crippen molar-refractivity contribution in [3.05, 3.63) is 82.6 Å². The van der Waals surface area contributed by atoms with Crippen molar-refractivity contribution < 1.29 is 9.84 Å². The highest BCUT2D eigenvalue weighted by Crippen LogP contribution is 2.36. The van der Waals surface area contributed by atoms with Gasteiger partial charge in [0.15, 0.2) is 5.82 Å². The van der Waals surface area contributed by atoms with Crippen molar-refractivity contribution in [3.8, 4) is 28.4 Å². The lowest BCUT2D eigenvalue weighted by atomic mass is 10.0. The number of hydrogen-bond acceptors (Lipinski definition) is 8. The topological polar surface area (TPSA) is 144 Å². The van der Waals surface area contributed by atoms with E-state index in [4.69, 9.17) is 38.2 Å². The molecule has 0 atom stereocenters. The maximum atomic E-state index is 10.2. The summed E-state index contributed by atoms with van der Waals surface area (Å²) < 4.78 is 5.93. The lowest BCUT2D eigenvalue weighted by Crippen LogP contribution is -2.18. The van der Waals surface area contributed by atoms with Gasteiger partial charge in [-0.15, -0.1) is 0 Å². The highest BCUT2D eigenvalue weighted by atomic mass is 35.5. The Morgan fingerprint density at radius 3 is 2.39 bits per heavy atom. The number of rotatable bonds is 8. The molecular formula is C27H27ClN6O2. The predicted octanol–water partition coefficient (Wildman–Crippen LogP) is 4.87. The van der Waals surface area contributed by atoms with Crippen molar-refractivity contribution in [2.75, 3.05) is 18.1 Å². The summed E-state index contributed by atoms with van der Waals surface area (Å²) in [5.41, 5.74) is 15.9. The van der Waals surface area contributed by atoms with Crippen molar-refractivity contribution in [3.63, 3.8) is 0 Å². The van der Waals surface area contributed by atoms with Gasteiger partial charge in [0, 0.05) is 35.0 Å². The van der Waals surface area contributed by atoms with Gasteiger partial charge in [-0.2, -0.15) is 0 Å². The summed E-state index contributed by atoms with van der Waals surface area (Å²) in [7, 11) is 0. The van der Waals surface area contributed by atoms with Crippen LogP contribution in [0.15, 0.2) is 60.7 Å². The Hall–Kier alpha value is -4.01. The van der Waals surface area contributed by atoms with E-state index in [-0.39, 0.29) is 18.3 Å². The highest BCUT2D eigenvalue weighted by Gasteiger charge is 2.20. The molecule has 8 nitrogen and oxygen atoms in total. The summed E-state index contributed by atoms with van der Waals surface area (Å²) in [5, 5.41) is 18.2. The molecular weight excluding hydrogens is 476 g/mol. The number of halogens is 1. The number of nitrogens with two attached hydrogens (primary N) is 2. The van der Waals surface area contributed by atoms with E-state index in [1.165, 1.54) is 0 Å². The van der Waals surface area contributed by atoms with Crippen LogP contribution >= 0.6 is 11.6 Å². The molecule has 0 saturated heterocycles. The maximum absolute atomic E-state index is 10.2. The average molecular weight is 503 g/mol. The van der Waals surface area contributed by atoms with Crippen LogP contribution in [0.2, 0.25) is 5.02 Å². The summed E-state index contributed by atoms with van der Waals surface area (Å²) in [4.78, 5) is 13.8. The summed E-state index contributed by atoms with van der Waals surface area (Å²) in [5.74, 6) is 0.317. The van der Waals surface area contributed by atoms with E-state index < -0.39 is 5.60 Å². The first-order chi connectivity index (χ1) is 17.2. The maximum Gasteiger partial charge on any atom is 0.257 e. The molecule has 0 amide bonds. The van der Waals surface area contributed by atoms with Crippen LogP contribution in [-0.2, 0) is 12.0 Å². The Balaban J connectivity index is 1.69. The molecule has 4 rings (SSSR count). The van der Waals surface area contributed by atoms with Crippen LogP contribution in [0, 0.1) is 5.41 Å². The second-order valence-electron chi connectivity index (χ2n) is 8.75. The van der Waals surface area contributed by atoms with Crippen LogP contribution in [0.3, 0.4) is 0 Å². The Morgan fingerprint density at radius 2 is 1.69 bits per heavy atom. The van der Waals surface area contributed by atoms with Gasteiger partial charge >= 0.3 is 0 Å². The molecule has 6 N–H and O–H groups in total. The standard InChI is InChI=1S/C27H27ClN6O2/c1-27(2,35)21-10-6-9-19(32-21)11-12-36-26-25(31)33-23(16-7-4-3-5-8-16)24(34-26)17-13-18(15-29)22(30)20(28)14-17/h3-10,13-15,29,35H,11-12,30H2,1-2H3,(H2,31,33). The Kier molecular flexibility index (Phi) is 7.19. The third kappa shape index (κ3) is 5.45. The molecule has 2 heterocycles. The number of nitrogens with zero attached hydrogens (tertiary/aromatic N) is 3. The number of nitrogen functional groups attached to an aromatic ring is 2. The molecule has 4 aromatic rings. The van der Waals surface area contributed by atoms with E-state index in [1.54, 1.807) is 32.0 Å². The van der Waals surface area contributed by atoms with Crippen molar-refractivity contribution in [1.29, 1.82) is 5.41 Å². The molecule has 0 unspecified atom stereocenters. The second-order valence-corrected chi connectivity index (χ2v) is 9.16. The van der Waals surface area contributed by atoms with Crippen molar-refractivity contribution >= 4 is 29.3 Å². The molecule has 0 saturated carbocycles. The molecule has 0 fully saturated rings. The zero-order chi connectivity index (χ0) is 25.9. The van der Waals surface area contributed by atoms with Crippen LogP contribution < -0.4 is 16.2 Å². The minimum atomic E-state index is -1.04. The molecule has 36 heavy (non-hydrogen) atoms. The third-order valence-corrected chi connectivity index (χ3v) is 5.87.